The van der Waals surface area contributed by atoms with Crippen molar-refractivity contribution in [1.82, 2.24) is 14.1 Å². The van der Waals surface area contributed by atoms with Crippen LogP contribution in [-0.2, 0) is 32.9 Å². The van der Waals surface area contributed by atoms with Crippen molar-refractivity contribution in [3.63, 3.8) is 0 Å². The van der Waals surface area contributed by atoms with E-state index in [0.717, 1.165) is 9.13 Å². The summed E-state index contributed by atoms with van der Waals surface area (Å²) in [4.78, 5) is 42.0. The molecule has 0 bridgehead atoms. The summed E-state index contributed by atoms with van der Waals surface area (Å²) < 4.78 is 81.0. The number of carbonyl (C=O) groups is 1. The molecule has 0 radical (unpaired) electrons. The molecule has 182 valence electrons. The smallest absolute Gasteiger partial charge is 0.321 e. The zero-order valence-corrected chi connectivity index (χ0v) is 18.1. The maximum absolute atomic E-state index is 13.2. The fourth-order valence-electron chi connectivity index (χ4n) is 3.44. The third kappa shape index (κ3) is 4.54. The Kier molecular flexibility index (Phi) is 6.33. The van der Waals surface area contributed by atoms with Gasteiger partial charge in [0.05, 0.1) is 16.8 Å². The van der Waals surface area contributed by atoms with E-state index in [-0.39, 0.29) is 29.2 Å². The summed E-state index contributed by atoms with van der Waals surface area (Å²) in [5, 5.41) is 2.08. The first-order valence-corrected chi connectivity index (χ1v) is 9.85. The largest absolute Gasteiger partial charge is 0.416 e. The summed E-state index contributed by atoms with van der Waals surface area (Å²) in [5.41, 5.74) is -5.68. The first-order chi connectivity index (χ1) is 15.7. The van der Waals surface area contributed by atoms with Crippen molar-refractivity contribution in [3.8, 4) is 0 Å². The van der Waals surface area contributed by atoms with Crippen molar-refractivity contribution >= 4 is 22.6 Å². The van der Waals surface area contributed by atoms with Crippen molar-refractivity contribution in [2.24, 2.45) is 14.1 Å². The number of alkyl halides is 6. The molecule has 0 saturated carbocycles. The zero-order valence-electron chi connectivity index (χ0n) is 18.1. The summed E-state index contributed by atoms with van der Waals surface area (Å²) >= 11 is 0. The molecule has 0 aliphatic heterocycles. The Labute approximate surface area is 187 Å². The van der Waals surface area contributed by atoms with Crippen LogP contribution in [0.4, 0.5) is 32.0 Å². The lowest BCUT2D eigenvalue weighted by Gasteiger charge is -2.17. The number of carbonyl (C=O) groups excluding carboxylic acids is 1. The minimum Gasteiger partial charge on any atom is -0.321 e. The molecule has 0 fully saturated rings. The van der Waals surface area contributed by atoms with Gasteiger partial charge >= 0.3 is 18.0 Å². The van der Waals surface area contributed by atoms with Gasteiger partial charge in [0.2, 0.25) is 0 Å². The molecule has 0 unspecified atom stereocenters. The highest BCUT2D eigenvalue weighted by molar-refractivity contribution is 6.09. The molecule has 2 aromatic heterocycles. The predicted molar refractivity (Wildman–Crippen MR) is 111 cm³/mol. The molecule has 34 heavy (non-hydrogen) atoms. The summed E-state index contributed by atoms with van der Waals surface area (Å²) in [6, 6.07) is 0.495. The van der Waals surface area contributed by atoms with Crippen LogP contribution in [0, 0.1) is 0 Å². The van der Waals surface area contributed by atoms with Gasteiger partial charge in [-0.15, -0.1) is 0 Å². The molecular weight excluding hydrogens is 470 g/mol. The zero-order chi connectivity index (χ0) is 25.6. The highest BCUT2D eigenvalue weighted by Gasteiger charge is 2.37. The van der Waals surface area contributed by atoms with E-state index in [2.05, 4.69) is 10.3 Å². The van der Waals surface area contributed by atoms with Crippen LogP contribution in [0.5, 0.6) is 0 Å². The lowest BCUT2D eigenvalue weighted by atomic mass is 10.0. The summed E-state index contributed by atoms with van der Waals surface area (Å²) in [6.45, 7) is 1.77. The molecule has 0 atom stereocenters. The van der Waals surface area contributed by atoms with E-state index < -0.39 is 46.2 Å². The minimum atomic E-state index is -5.14. The Hall–Kier alpha value is -3.64. The van der Waals surface area contributed by atoms with Crippen molar-refractivity contribution < 1.29 is 31.1 Å². The highest BCUT2D eigenvalue weighted by Crippen LogP contribution is 2.36. The number of aryl methyl sites for hydroxylation is 2. The number of amides is 1. The van der Waals surface area contributed by atoms with Crippen LogP contribution in [-0.4, -0.2) is 20.0 Å². The van der Waals surface area contributed by atoms with Crippen molar-refractivity contribution in [3.05, 3.63) is 67.5 Å². The summed E-state index contributed by atoms with van der Waals surface area (Å²) in [5.74, 6) is -1.29. The lowest BCUT2D eigenvalue weighted by Crippen LogP contribution is -2.38. The molecule has 1 aromatic carbocycles. The normalized spacial score (nSPS) is 12.3. The van der Waals surface area contributed by atoms with Gasteiger partial charge in [-0.05, 0) is 30.2 Å². The average molecular weight is 488 g/mol. The molecule has 1 amide bonds. The fraction of sp³-hybridized carbons (Fsp3) is 0.333. The number of hydrogen-bond donors (Lipinski definition) is 1. The van der Waals surface area contributed by atoms with Gasteiger partial charge in [-0.1, -0.05) is 13.3 Å². The monoisotopic (exact) mass is 488 g/mol. The molecule has 13 heteroatoms. The Morgan fingerprint density at radius 1 is 0.971 bits per heavy atom. The molecule has 0 spiro atoms. The maximum Gasteiger partial charge on any atom is 0.416 e. The number of benzene rings is 1. The molecule has 0 saturated heterocycles. The average Bonchev–Trinajstić information content (AvgIpc) is 2.75. The number of fused-ring (bicyclic) bond motifs is 1. The van der Waals surface area contributed by atoms with Gasteiger partial charge < -0.3 is 5.32 Å². The van der Waals surface area contributed by atoms with E-state index in [1.54, 1.807) is 6.92 Å². The van der Waals surface area contributed by atoms with Gasteiger partial charge in [0, 0.05) is 25.9 Å². The molecule has 0 aliphatic carbocycles. The fourth-order valence-corrected chi connectivity index (χ4v) is 3.44. The van der Waals surface area contributed by atoms with Gasteiger partial charge in [0.1, 0.15) is 5.39 Å². The second-order valence-corrected chi connectivity index (χ2v) is 7.56. The molecule has 7 nitrogen and oxygen atoms in total. The van der Waals surface area contributed by atoms with E-state index >= 15 is 0 Å². The lowest BCUT2D eigenvalue weighted by molar-refractivity contribution is -0.143. The highest BCUT2D eigenvalue weighted by atomic mass is 19.4. The number of halogens is 6. The van der Waals surface area contributed by atoms with Crippen molar-refractivity contribution in [1.29, 1.82) is 0 Å². The van der Waals surface area contributed by atoms with Crippen LogP contribution >= 0.6 is 0 Å². The summed E-state index contributed by atoms with van der Waals surface area (Å²) in [6.07, 6.45) is -8.19. The number of nitrogens with zero attached hydrogens (tertiary/aromatic N) is 3. The van der Waals surface area contributed by atoms with Crippen LogP contribution < -0.4 is 16.6 Å². The number of rotatable bonds is 4. The standard InChI is InChI=1S/C21H18F6N4O3/c1-4-5-10-9-28-16-14(18(33)31(3)19(34)30(16)2)15(10)29-17(32)11-6-12(20(22,23)24)8-13(7-11)21(25,26)27/h6-9H,4-5H2,1-3H3,(H,28,29,32). The Morgan fingerprint density at radius 2 is 1.53 bits per heavy atom. The van der Waals surface area contributed by atoms with E-state index in [9.17, 15) is 40.7 Å². The second kappa shape index (κ2) is 8.61. The number of nitrogens with one attached hydrogen (secondary N) is 1. The molecule has 3 aromatic rings. The molecule has 2 heterocycles. The van der Waals surface area contributed by atoms with Gasteiger partial charge in [-0.25, -0.2) is 9.78 Å². The number of aromatic nitrogens is 3. The predicted octanol–water partition coefficient (Wildman–Crippen LogP) is 3.87. The van der Waals surface area contributed by atoms with E-state index in [4.69, 9.17) is 0 Å². The molecule has 1 N–H and O–H groups in total. The SMILES string of the molecule is CCCc1cnc2c(c1NC(=O)c1cc(C(F)(F)F)cc(C(F)(F)F)c1)c(=O)n(C)c(=O)n2C. The molecule has 3 rings (SSSR count). The van der Waals surface area contributed by atoms with Crippen molar-refractivity contribution in [2.45, 2.75) is 32.1 Å². The second-order valence-electron chi connectivity index (χ2n) is 7.56. The van der Waals surface area contributed by atoms with E-state index in [1.807, 2.05) is 0 Å². The Bertz CT molecular complexity index is 1370. The van der Waals surface area contributed by atoms with Crippen LogP contribution in [0.3, 0.4) is 0 Å². The minimum absolute atomic E-state index is 0.0906. The maximum atomic E-state index is 13.2. The summed E-state index contributed by atoms with van der Waals surface area (Å²) in [7, 11) is 2.51. The van der Waals surface area contributed by atoms with Crippen LogP contribution in [0.2, 0.25) is 0 Å². The van der Waals surface area contributed by atoms with Gasteiger partial charge in [-0.2, -0.15) is 26.3 Å². The topological polar surface area (TPSA) is 86.0 Å². The van der Waals surface area contributed by atoms with E-state index in [0.29, 0.717) is 24.1 Å². The van der Waals surface area contributed by atoms with Crippen LogP contribution in [0.1, 0.15) is 40.4 Å². The van der Waals surface area contributed by atoms with Gasteiger partial charge in [0.25, 0.3) is 11.5 Å². The molecule has 0 aliphatic rings. The van der Waals surface area contributed by atoms with Crippen molar-refractivity contribution in [2.75, 3.05) is 5.32 Å². The van der Waals surface area contributed by atoms with Crippen LogP contribution in [0.25, 0.3) is 11.0 Å². The third-order valence-corrected chi connectivity index (χ3v) is 5.16. The number of hydrogen-bond acceptors (Lipinski definition) is 4. The quantitative estimate of drug-likeness (QED) is 0.565. The number of anilines is 1. The first kappa shape index (κ1) is 25.0. The Balaban J connectivity index is 2.25. The molecular formula is C21H18F6N4O3. The number of pyridine rings is 1. The Morgan fingerprint density at radius 3 is 2.03 bits per heavy atom. The third-order valence-electron chi connectivity index (χ3n) is 5.16. The van der Waals surface area contributed by atoms with E-state index in [1.165, 1.54) is 20.3 Å². The van der Waals surface area contributed by atoms with Gasteiger partial charge in [-0.3, -0.25) is 18.7 Å². The first-order valence-electron chi connectivity index (χ1n) is 9.85. The van der Waals surface area contributed by atoms with Gasteiger partial charge in [0.15, 0.2) is 5.65 Å². The van der Waals surface area contributed by atoms with Crippen LogP contribution in [0.15, 0.2) is 34.0 Å².